The van der Waals surface area contributed by atoms with Crippen molar-refractivity contribution in [1.82, 2.24) is 4.98 Å². The Balaban J connectivity index is 1.56. The number of hydrogen-bond acceptors (Lipinski definition) is 1. The summed E-state index contributed by atoms with van der Waals surface area (Å²) in [5, 5.41) is 7.82. The van der Waals surface area contributed by atoms with E-state index in [0.717, 1.165) is 11.3 Å². The van der Waals surface area contributed by atoms with Gasteiger partial charge >= 0.3 is 0 Å². The summed E-state index contributed by atoms with van der Waals surface area (Å²) in [5.74, 6) is 0. The molecule has 0 aliphatic heterocycles. The van der Waals surface area contributed by atoms with E-state index in [0.29, 0.717) is 0 Å². The van der Waals surface area contributed by atoms with Crippen molar-refractivity contribution in [2.75, 3.05) is 0 Å². The van der Waals surface area contributed by atoms with Crippen LogP contribution in [0, 0.1) is 0 Å². The van der Waals surface area contributed by atoms with Crippen molar-refractivity contribution in [2.24, 2.45) is 0 Å². The minimum Gasteiger partial charge on any atom is -0.256 e. The van der Waals surface area contributed by atoms with Crippen LogP contribution in [-0.2, 0) is 5.41 Å². The van der Waals surface area contributed by atoms with Gasteiger partial charge in [0.1, 0.15) is 0 Å². The number of rotatable bonds is 2. The maximum Gasteiger partial charge on any atom is 0.0708 e. The van der Waals surface area contributed by atoms with Gasteiger partial charge in [-0.2, -0.15) is 0 Å². The first kappa shape index (κ1) is 22.3. The van der Waals surface area contributed by atoms with Gasteiger partial charge in [0, 0.05) is 17.2 Å². The molecule has 6 aromatic carbocycles. The summed E-state index contributed by atoms with van der Waals surface area (Å²) in [6, 6.07) is 44.3. The van der Waals surface area contributed by atoms with Gasteiger partial charge in [-0.3, -0.25) is 4.98 Å². The van der Waals surface area contributed by atoms with Gasteiger partial charge in [0.15, 0.2) is 0 Å². The smallest absolute Gasteiger partial charge is 0.0708 e. The van der Waals surface area contributed by atoms with Crippen molar-refractivity contribution >= 4 is 32.3 Å². The highest BCUT2D eigenvalue weighted by Gasteiger charge is 2.35. The molecule has 39 heavy (non-hydrogen) atoms. The highest BCUT2D eigenvalue weighted by Crippen LogP contribution is 2.54. The highest BCUT2D eigenvalue weighted by atomic mass is 14.7. The molecule has 8 rings (SSSR count). The largest absolute Gasteiger partial charge is 0.256 e. The molecule has 1 heterocycles. The van der Waals surface area contributed by atoms with Crippen LogP contribution in [0.15, 0.2) is 128 Å². The maximum absolute atomic E-state index is 4.68. The quantitative estimate of drug-likeness (QED) is 0.217. The first-order valence-corrected chi connectivity index (χ1v) is 13.7. The number of aromatic nitrogens is 1. The topological polar surface area (TPSA) is 12.9 Å². The molecule has 0 unspecified atom stereocenters. The molecule has 0 atom stereocenters. The molecule has 0 N–H and O–H groups in total. The predicted molar refractivity (Wildman–Crippen MR) is 165 cm³/mol. The molecule has 184 valence electrons. The second kappa shape index (κ2) is 8.12. The average Bonchev–Trinajstić information content (AvgIpc) is 2.99. The van der Waals surface area contributed by atoms with Crippen LogP contribution < -0.4 is 0 Å². The van der Waals surface area contributed by atoms with E-state index in [4.69, 9.17) is 0 Å². The zero-order chi connectivity index (χ0) is 26.1. The highest BCUT2D eigenvalue weighted by molar-refractivity contribution is 6.23. The van der Waals surface area contributed by atoms with Crippen LogP contribution in [0.1, 0.15) is 25.0 Å². The molecule has 1 aromatic heterocycles. The van der Waals surface area contributed by atoms with Crippen molar-refractivity contribution in [2.45, 2.75) is 19.3 Å². The number of nitrogens with zero attached hydrogens (tertiary/aromatic N) is 1. The molecule has 0 saturated carbocycles. The molecule has 7 aromatic rings. The van der Waals surface area contributed by atoms with Gasteiger partial charge < -0.3 is 0 Å². The Morgan fingerprint density at radius 3 is 1.87 bits per heavy atom. The molecule has 0 fully saturated rings. The van der Waals surface area contributed by atoms with Crippen molar-refractivity contribution in [3.63, 3.8) is 0 Å². The predicted octanol–water partition coefficient (Wildman–Crippen LogP) is 10.2. The summed E-state index contributed by atoms with van der Waals surface area (Å²) < 4.78 is 0. The van der Waals surface area contributed by atoms with Crippen LogP contribution in [-0.4, -0.2) is 4.98 Å². The van der Waals surface area contributed by atoms with Crippen molar-refractivity contribution in [3.8, 4) is 33.5 Å². The lowest BCUT2D eigenvalue weighted by Gasteiger charge is -2.37. The Labute approximate surface area is 228 Å². The molecule has 0 saturated heterocycles. The van der Waals surface area contributed by atoms with E-state index in [1.54, 1.807) is 0 Å². The third kappa shape index (κ3) is 3.05. The summed E-state index contributed by atoms with van der Waals surface area (Å²) >= 11 is 0. The van der Waals surface area contributed by atoms with E-state index in [-0.39, 0.29) is 5.41 Å². The van der Waals surface area contributed by atoms with Crippen molar-refractivity contribution in [1.29, 1.82) is 0 Å². The van der Waals surface area contributed by atoms with E-state index >= 15 is 0 Å². The average molecular weight is 498 g/mol. The summed E-state index contributed by atoms with van der Waals surface area (Å²) in [4.78, 5) is 4.68. The van der Waals surface area contributed by atoms with Gasteiger partial charge in [-0.1, -0.05) is 123 Å². The lowest BCUT2D eigenvalue weighted by Crippen LogP contribution is -2.24. The van der Waals surface area contributed by atoms with Gasteiger partial charge in [0.2, 0.25) is 0 Å². The maximum atomic E-state index is 4.68. The van der Waals surface area contributed by atoms with E-state index in [9.17, 15) is 0 Å². The second-order valence-electron chi connectivity index (χ2n) is 11.1. The van der Waals surface area contributed by atoms with E-state index in [1.165, 1.54) is 65.7 Å². The second-order valence-corrected chi connectivity index (χ2v) is 11.1. The summed E-state index contributed by atoms with van der Waals surface area (Å²) in [6.45, 7) is 4.78. The molecule has 1 nitrogen and oxygen atoms in total. The minimum absolute atomic E-state index is 0.119. The minimum atomic E-state index is -0.119. The van der Waals surface area contributed by atoms with Crippen LogP contribution in [0.4, 0.5) is 0 Å². The molecule has 1 heteroatoms. The molecule has 0 bridgehead atoms. The van der Waals surface area contributed by atoms with Crippen LogP contribution in [0.3, 0.4) is 0 Å². The number of fused-ring (bicyclic) bond motifs is 5. The Bertz CT molecular complexity index is 2080. The van der Waals surface area contributed by atoms with Gasteiger partial charge in [-0.05, 0) is 77.8 Å². The molecule has 0 amide bonds. The fourth-order valence-electron chi connectivity index (χ4n) is 7.05. The molecule has 0 spiro atoms. The number of pyridine rings is 1. The van der Waals surface area contributed by atoms with Crippen molar-refractivity contribution in [3.05, 3.63) is 139 Å². The standard InChI is InChI=1S/C38H27N/c1-38(2)33-19-8-7-14-26(33)28-17-11-18-32-35(29-15-5-6-16-31(29)37(38)36(28)32)30-22-21-27(34-20-9-10-23-39-34)24-12-3-4-13-25(24)30/h3-23H,1-2H3. The fourth-order valence-corrected chi connectivity index (χ4v) is 7.05. The van der Waals surface area contributed by atoms with Gasteiger partial charge in [-0.15, -0.1) is 0 Å². The van der Waals surface area contributed by atoms with Crippen LogP contribution in [0.2, 0.25) is 0 Å². The molecular formula is C38H27N. The summed E-state index contributed by atoms with van der Waals surface area (Å²) in [6.07, 6.45) is 1.87. The van der Waals surface area contributed by atoms with Crippen molar-refractivity contribution < 1.29 is 0 Å². The first-order chi connectivity index (χ1) is 19.1. The zero-order valence-electron chi connectivity index (χ0n) is 22.1. The molecule has 0 radical (unpaired) electrons. The first-order valence-electron chi connectivity index (χ1n) is 13.7. The summed E-state index contributed by atoms with van der Waals surface area (Å²) in [5.41, 5.74) is 10.1. The number of hydrogen-bond donors (Lipinski definition) is 0. The van der Waals surface area contributed by atoms with E-state index in [1.807, 2.05) is 12.3 Å². The normalized spacial score (nSPS) is 13.6. The number of benzene rings is 6. The Kier molecular flexibility index (Phi) is 4.63. The third-order valence-electron chi connectivity index (χ3n) is 8.70. The Morgan fingerprint density at radius 1 is 0.462 bits per heavy atom. The SMILES string of the molecule is CC1(C)c2ccccc2-c2cccc3c(-c4ccc(-c5ccccn5)c5ccccc45)c4ccccc4c1c23. The molecule has 1 aliphatic carbocycles. The molecule has 1 aliphatic rings. The zero-order valence-corrected chi connectivity index (χ0v) is 22.1. The Hall–Kier alpha value is -4.75. The molecular weight excluding hydrogens is 470 g/mol. The Morgan fingerprint density at radius 2 is 1.08 bits per heavy atom. The third-order valence-corrected chi connectivity index (χ3v) is 8.70. The van der Waals surface area contributed by atoms with Gasteiger partial charge in [0.25, 0.3) is 0 Å². The van der Waals surface area contributed by atoms with E-state index < -0.39 is 0 Å². The fraction of sp³-hybridized carbons (Fsp3) is 0.0789. The van der Waals surface area contributed by atoms with Crippen LogP contribution in [0.5, 0.6) is 0 Å². The summed E-state index contributed by atoms with van der Waals surface area (Å²) in [7, 11) is 0. The van der Waals surface area contributed by atoms with Crippen LogP contribution in [0.25, 0.3) is 65.8 Å². The monoisotopic (exact) mass is 497 g/mol. The van der Waals surface area contributed by atoms with Gasteiger partial charge in [-0.25, -0.2) is 0 Å². The lowest BCUT2D eigenvalue weighted by atomic mass is 9.66. The van der Waals surface area contributed by atoms with E-state index in [2.05, 4.69) is 134 Å². The van der Waals surface area contributed by atoms with Crippen LogP contribution >= 0.6 is 0 Å². The lowest BCUT2D eigenvalue weighted by molar-refractivity contribution is 0.651. The van der Waals surface area contributed by atoms with Gasteiger partial charge in [0.05, 0.1) is 5.69 Å².